The molecule has 0 radical (unpaired) electrons. The van der Waals surface area contributed by atoms with Crippen molar-refractivity contribution in [2.45, 2.75) is 44.4 Å². The van der Waals surface area contributed by atoms with E-state index in [-0.39, 0.29) is 5.41 Å². The van der Waals surface area contributed by atoms with Crippen LogP contribution < -0.4 is 10.5 Å². The summed E-state index contributed by atoms with van der Waals surface area (Å²) in [4.78, 5) is 7.06. The highest BCUT2D eigenvalue weighted by atomic mass is 16.5. The Kier molecular flexibility index (Phi) is 5.84. The number of hydrogen-bond donors (Lipinski definition) is 1. The Morgan fingerprint density at radius 3 is 2.64 bits per heavy atom. The van der Waals surface area contributed by atoms with Crippen LogP contribution in [-0.2, 0) is 10.2 Å². The predicted octanol–water partition coefficient (Wildman–Crippen LogP) is 2.85. The van der Waals surface area contributed by atoms with Crippen molar-refractivity contribution in [1.29, 1.82) is 0 Å². The highest BCUT2D eigenvalue weighted by Gasteiger charge is 2.37. The van der Waals surface area contributed by atoms with E-state index in [2.05, 4.69) is 30.0 Å². The van der Waals surface area contributed by atoms with Crippen LogP contribution in [0.3, 0.4) is 0 Å². The molecule has 0 spiro atoms. The van der Waals surface area contributed by atoms with Crippen LogP contribution in [0.25, 0.3) is 0 Å². The van der Waals surface area contributed by atoms with Crippen LogP contribution in [0.5, 0.6) is 5.75 Å². The molecule has 3 rings (SSSR count). The molecule has 2 heterocycles. The van der Waals surface area contributed by atoms with E-state index in [0.29, 0.717) is 12.5 Å². The minimum Gasteiger partial charge on any atom is -0.496 e. The van der Waals surface area contributed by atoms with Crippen molar-refractivity contribution in [1.82, 2.24) is 4.90 Å². The molecule has 0 amide bonds. The maximum Gasteiger partial charge on any atom is 0.191 e. The summed E-state index contributed by atoms with van der Waals surface area (Å²) < 4.78 is 11.3. The quantitative estimate of drug-likeness (QED) is 0.673. The molecular weight excluding hydrogens is 314 g/mol. The van der Waals surface area contributed by atoms with Crippen LogP contribution in [0.1, 0.15) is 43.2 Å². The average Bonchev–Trinajstić information content (AvgIpc) is 2.67. The molecule has 25 heavy (non-hydrogen) atoms. The minimum absolute atomic E-state index is 0.0595. The summed E-state index contributed by atoms with van der Waals surface area (Å²) in [6.07, 6.45) is 5.61. The summed E-state index contributed by atoms with van der Waals surface area (Å²) in [6, 6.07) is 6.41. The maximum absolute atomic E-state index is 6.32. The van der Waals surface area contributed by atoms with E-state index >= 15 is 0 Å². The molecule has 0 unspecified atom stereocenters. The van der Waals surface area contributed by atoms with Gasteiger partial charge >= 0.3 is 0 Å². The largest absolute Gasteiger partial charge is 0.496 e. The number of aryl methyl sites for hydroxylation is 1. The molecule has 0 atom stereocenters. The monoisotopic (exact) mass is 345 g/mol. The number of hydrogen-bond acceptors (Lipinski definition) is 3. The topological polar surface area (TPSA) is 60.1 Å². The first-order valence-corrected chi connectivity index (χ1v) is 9.42. The lowest BCUT2D eigenvalue weighted by atomic mass is 9.73. The summed E-state index contributed by atoms with van der Waals surface area (Å²) in [5.41, 5.74) is 8.75. The van der Waals surface area contributed by atoms with Crippen molar-refractivity contribution < 1.29 is 9.47 Å². The second kappa shape index (κ2) is 8.09. The highest BCUT2D eigenvalue weighted by molar-refractivity contribution is 5.78. The number of rotatable bonds is 4. The molecule has 1 aromatic carbocycles. The molecule has 138 valence electrons. The Labute approximate surface area is 151 Å². The fourth-order valence-corrected chi connectivity index (χ4v) is 3.97. The second-order valence-electron chi connectivity index (χ2n) is 7.32. The molecule has 2 fully saturated rings. The standard InChI is InChI=1S/C20H31N3O2/c1-16-6-7-18(24-2)17(14-16)20(8-12-25-13-9-20)15-22-19(21)23-10-4-3-5-11-23/h6-7,14H,3-5,8-13,15H2,1-2H3,(H2,21,22). The summed E-state index contributed by atoms with van der Waals surface area (Å²) in [7, 11) is 1.74. The van der Waals surface area contributed by atoms with Crippen LogP contribution in [0.2, 0.25) is 0 Å². The minimum atomic E-state index is -0.0595. The normalized spacial score (nSPS) is 21.2. The molecule has 1 aromatic rings. The van der Waals surface area contributed by atoms with Gasteiger partial charge in [-0.1, -0.05) is 17.7 Å². The van der Waals surface area contributed by atoms with Crippen LogP contribution >= 0.6 is 0 Å². The van der Waals surface area contributed by atoms with E-state index in [9.17, 15) is 0 Å². The first-order chi connectivity index (χ1) is 12.1. The van der Waals surface area contributed by atoms with Crippen LogP contribution in [0, 0.1) is 6.92 Å². The van der Waals surface area contributed by atoms with Crippen molar-refractivity contribution in [2.75, 3.05) is 40.0 Å². The number of guanidine groups is 1. The Morgan fingerprint density at radius 2 is 1.96 bits per heavy atom. The van der Waals surface area contributed by atoms with Gasteiger partial charge in [0.2, 0.25) is 0 Å². The number of nitrogens with two attached hydrogens (primary N) is 1. The van der Waals surface area contributed by atoms with Gasteiger partial charge in [0.05, 0.1) is 13.7 Å². The third-order valence-electron chi connectivity index (χ3n) is 5.60. The number of nitrogens with zero attached hydrogens (tertiary/aromatic N) is 2. The van der Waals surface area contributed by atoms with Gasteiger partial charge < -0.3 is 20.1 Å². The van der Waals surface area contributed by atoms with E-state index in [1.54, 1.807) is 7.11 Å². The Bertz CT molecular complexity index is 603. The lowest BCUT2D eigenvalue weighted by Gasteiger charge is -2.38. The van der Waals surface area contributed by atoms with Crippen molar-refractivity contribution in [3.8, 4) is 5.75 Å². The molecular formula is C20H31N3O2. The third-order valence-corrected chi connectivity index (χ3v) is 5.60. The Hall–Kier alpha value is -1.75. The van der Waals surface area contributed by atoms with Gasteiger partial charge in [0.15, 0.2) is 5.96 Å². The van der Waals surface area contributed by atoms with E-state index in [1.165, 1.54) is 30.4 Å². The summed E-state index contributed by atoms with van der Waals surface area (Å²) in [6.45, 7) is 6.39. The first kappa shape index (κ1) is 18.1. The molecule has 2 N–H and O–H groups in total. The van der Waals surface area contributed by atoms with Crippen molar-refractivity contribution >= 4 is 5.96 Å². The Balaban J connectivity index is 1.87. The lowest BCUT2D eigenvalue weighted by Crippen LogP contribution is -2.43. The van der Waals surface area contributed by atoms with Crippen molar-refractivity contribution in [2.24, 2.45) is 10.7 Å². The van der Waals surface area contributed by atoms with E-state index in [4.69, 9.17) is 20.2 Å². The molecule has 0 aliphatic carbocycles. The molecule has 0 aromatic heterocycles. The fourth-order valence-electron chi connectivity index (χ4n) is 3.97. The summed E-state index contributed by atoms with van der Waals surface area (Å²) in [5.74, 6) is 1.64. The molecule has 5 nitrogen and oxygen atoms in total. The molecule has 2 aliphatic rings. The zero-order valence-electron chi connectivity index (χ0n) is 15.6. The molecule has 2 aliphatic heterocycles. The van der Waals surface area contributed by atoms with Gasteiger partial charge in [-0.15, -0.1) is 0 Å². The summed E-state index contributed by atoms with van der Waals surface area (Å²) >= 11 is 0. The smallest absolute Gasteiger partial charge is 0.191 e. The van der Waals surface area contributed by atoms with Crippen molar-refractivity contribution in [3.05, 3.63) is 29.3 Å². The average molecular weight is 345 g/mol. The summed E-state index contributed by atoms with van der Waals surface area (Å²) in [5, 5.41) is 0. The maximum atomic E-state index is 6.32. The third kappa shape index (κ3) is 4.09. The van der Waals surface area contributed by atoms with Gasteiger partial charge in [0, 0.05) is 37.3 Å². The first-order valence-electron chi connectivity index (χ1n) is 9.42. The number of benzene rings is 1. The SMILES string of the molecule is COc1ccc(C)cc1C1(CN=C(N)N2CCCCC2)CCOCC1. The van der Waals surface area contributed by atoms with Gasteiger partial charge in [-0.2, -0.15) is 0 Å². The number of methoxy groups -OCH3 is 1. The van der Waals surface area contributed by atoms with E-state index in [0.717, 1.165) is 44.9 Å². The van der Waals surface area contributed by atoms with Crippen LogP contribution in [0.4, 0.5) is 0 Å². The number of aliphatic imine (C=N–C) groups is 1. The zero-order valence-corrected chi connectivity index (χ0v) is 15.6. The number of likely N-dealkylation sites (tertiary alicyclic amines) is 1. The van der Waals surface area contributed by atoms with Gasteiger partial charge in [0.1, 0.15) is 5.75 Å². The molecule has 0 saturated carbocycles. The van der Waals surface area contributed by atoms with Gasteiger partial charge in [0.25, 0.3) is 0 Å². The Morgan fingerprint density at radius 1 is 1.24 bits per heavy atom. The second-order valence-corrected chi connectivity index (χ2v) is 7.32. The fraction of sp³-hybridized carbons (Fsp3) is 0.650. The molecule has 5 heteroatoms. The predicted molar refractivity (Wildman–Crippen MR) is 101 cm³/mol. The van der Waals surface area contributed by atoms with Crippen LogP contribution in [-0.4, -0.2) is 50.8 Å². The molecule has 2 saturated heterocycles. The van der Waals surface area contributed by atoms with Gasteiger partial charge in [-0.25, -0.2) is 0 Å². The van der Waals surface area contributed by atoms with Crippen LogP contribution in [0.15, 0.2) is 23.2 Å². The zero-order chi connectivity index (χ0) is 17.7. The van der Waals surface area contributed by atoms with E-state index < -0.39 is 0 Å². The van der Waals surface area contributed by atoms with Gasteiger partial charge in [-0.05, 0) is 45.1 Å². The van der Waals surface area contributed by atoms with Crippen molar-refractivity contribution in [3.63, 3.8) is 0 Å². The highest BCUT2D eigenvalue weighted by Crippen LogP contribution is 2.40. The lowest BCUT2D eigenvalue weighted by molar-refractivity contribution is 0.0522. The van der Waals surface area contributed by atoms with Gasteiger partial charge in [-0.3, -0.25) is 4.99 Å². The molecule has 0 bridgehead atoms. The number of ether oxygens (including phenoxy) is 2. The number of piperidine rings is 1. The van der Waals surface area contributed by atoms with E-state index in [1.807, 2.05) is 0 Å².